The van der Waals surface area contributed by atoms with Crippen LogP contribution in [0.5, 0.6) is 0 Å². The van der Waals surface area contributed by atoms with Crippen LogP contribution in [-0.2, 0) is 24.3 Å². The average molecular weight is 502 g/mol. The molecule has 8 N–H and O–H groups in total. The first-order chi connectivity index (χ1) is 14.1. The minimum absolute atomic E-state index is 0.0223. The maximum absolute atomic E-state index is 10.8. The highest BCUT2D eigenvalue weighted by Crippen LogP contribution is 2.53. The molecule has 32 heavy (non-hydrogen) atoms. The van der Waals surface area contributed by atoms with Gasteiger partial charge in [-0.15, -0.1) is 0 Å². The summed E-state index contributed by atoms with van der Waals surface area (Å²) < 4.78 is 22.2. The first-order valence-electron chi connectivity index (χ1n) is 9.61. The highest BCUT2D eigenvalue weighted by atomic mass is 31.3. The van der Waals surface area contributed by atoms with Crippen LogP contribution in [0.25, 0.3) is 0 Å². The maximum Gasteiger partial charge on any atom is 0.478 e. The third-order valence-electron chi connectivity index (χ3n) is 4.76. The van der Waals surface area contributed by atoms with Crippen LogP contribution < -0.4 is 0 Å². The Morgan fingerprint density at radius 3 is 1.47 bits per heavy atom. The van der Waals surface area contributed by atoms with Gasteiger partial charge in [0.05, 0.1) is 31.3 Å². The molecule has 1 aromatic rings. The summed E-state index contributed by atoms with van der Waals surface area (Å²) in [6.45, 7) is 11.1. The molecule has 13 heteroatoms. The van der Waals surface area contributed by atoms with E-state index in [1.54, 1.807) is 0 Å². The van der Waals surface area contributed by atoms with E-state index in [4.69, 9.17) is 19.6 Å². The Hall–Kier alpha value is -0.680. The Kier molecular flexibility index (Phi) is 10.9. The molecular formula is C19H36O11P2. The standard InChI is InChI=1S/C19H32O4.H4O7P2/c1-17(2,3)13-7-8-14(15(9-13)18(4,5)6)16(23)19(10-20,11-21)12-22;1-8(2,3)7-9(4,5)6/h7-9,16,20-23H,10-12H2,1-6H3;(H2,1,2,3)(H2,4,5,6). The van der Waals surface area contributed by atoms with Crippen molar-refractivity contribution in [1.82, 2.24) is 0 Å². The van der Waals surface area contributed by atoms with Gasteiger partial charge in [-0.3, -0.25) is 0 Å². The molecule has 0 heterocycles. The number of phosphoric acid groups is 2. The summed E-state index contributed by atoms with van der Waals surface area (Å²) in [5.74, 6) is 0. The number of hydrogen-bond acceptors (Lipinski definition) is 7. The summed E-state index contributed by atoms with van der Waals surface area (Å²) in [6.07, 6.45) is -1.15. The van der Waals surface area contributed by atoms with Crippen LogP contribution in [0.4, 0.5) is 0 Å². The van der Waals surface area contributed by atoms with Crippen molar-refractivity contribution in [2.24, 2.45) is 5.41 Å². The molecule has 1 unspecified atom stereocenters. The first kappa shape index (κ1) is 31.3. The van der Waals surface area contributed by atoms with E-state index in [0.29, 0.717) is 5.56 Å². The summed E-state index contributed by atoms with van der Waals surface area (Å²) in [7, 11) is -10.1. The van der Waals surface area contributed by atoms with Crippen molar-refractivity contribution < 1.29 is 53.4 Å². The number of benzene rings is 1. The predicted octanol–water partition coefficient (Wildman–Crippen LogP) is 1.47. The van der Waals surface area contributed by atoms with E-state index >= 15 is 0 Å². The summed E-state index contributed by atoms with van der Waals surface area (Å²) >= 11 is 0. The van der Waals surface area contributed by atoms with Gasteiger partial charge in [0.1, 0.15) is 0 Å². The maximum atomic E-state index is 10.8. The van der Waals surface area contributed by atoms with Gasteiger partial charge in [0, 0.05) is 0 Å². The van der Waals surface area contributed by atoms with Gasteiger partial charge in [0.25, 0.3) is 0 Å². The Morgan fingerprint density at radius 1 is 0.812 bits per heavy atom. The van der Waals surface area contributed by atoms with E-state index in [9.17, 15) is 29.6 Å². The molecule has 0 aliphatic rings. The lowest BCUT2D eigenvalue weighted by molar-refractivity contribution is -0.0857. The van der Waals surface area contributed by atoms with Gasteiger partial charge in [-0.25, -0.2) is 9.13 Å². The highest BCUT2D eigenvalue weighted by molar-refractivity contribution is 7.60. The quantitative estimate of drug-likeness (QED) is 0.251. The van der Waals surface area contributed by atoms with E-state index in [2.05, 4.69) is 51.9 Å². The molecule has 0 saturated heterocycles. The van der Waals surface area contributed by atoms with Crippen molar-refractivity contribution in [3.63, 3.8) is 0 Å². The molecule has 0 spiro atoms. The number of aliphatic hydroxyl groups excluding tert-OH is 4. The second kappa shape index (κ2) is 11.2. The van der Waals surface area contributed by atoms with Crippen LogP contribution in [0.1, 0.15) is 64.3 Å². The van der Waals surface area contributed by atoms with Crippen LogP contribution in [0.15, 0.2) is 18.2 Å². The lowest BCUT2D eigenvalue weighted by Crippen LogP contribution is -2.41. The van der Waals surface area contributed by atoms with E-state index in [1.165, 1.54) is 0 Å². The van der Waals surface area contributed by atoms with Crippen LogP contribution in [0, 0.1) is 5.41 Å². The molecule has 11 nitrogen and oxygen atoms in total. The molecule has 0 aliphatic carbocycles. The molecule has 0 bridgehead atoms. The first-order valence-corrected chi connectivity index (χ1v) is 12.7. The fraction of sp³-hybridized carbons (Fsp3) is 0.684. The van der Waals surface area contributed by atoms with E-state index in [-0.39, 0.29) is 10.8 Å². The molecule has 1 aromatic carbocycles. The van der Waals surface area contributed by atoms with Gasteiger partial charge >= 0.3 is 15.6 Å². The third-order valence-corrected chi connectivity index (χ3v) is 6.46. The van der Waals surface area contributed by atoms with Crippen molar-refractivity contribution in [3.8, 4) is 0 Å². The Morgan fingerprint density at radius 2 is 1.22 bits per heavy atom. The van der Waals surface area contributed by atoms with Crippen molar-refractivity contribution in [1.29, 1.82) is 0 Å². The number of hydrogen-bond donors (Lipinski definition) is 8. The summed E-state index contributed by atoms with van der Waals surface area (Å²) in [5, 5.41) is 39.6. The number of rotatable bonds is 7. The van der Waals surface area contributed by atoms with Crippen LogP contribution in [0.3, 0.4) is 0 Å². The van der Waals surface area contributed by atoms with Gasteiger partial charge < -0.3 is 40.0 Å². The van der Waals surface area contributed by atoms with E-state index in [1.807, 2.05) is 12.1 Å². The third kappa shape index (κ3) is 9.67. The van der Waals surface area contributed by atoms with Crippen molar-refractivity contribution in [2.75, 3.05) is 19.8 Å². The smallest absolute Gasteiger partial charge is 0.395 e. The summed E-state index contributed by atoms with van der Waals surface area (Å²) in [5.41, 5.74) is 1.15. The highest BCUT2D eigenvalue weighted by Gasteiger charge is 2.40. The van der Waals surface area contributed by atoms with Gasteiger partial charge in [0.15, 0.2) is 0 Å². The lowest BCUT2D eigenvalue weighted by atomic mass is 9.73. The molecule has 0 aromatic heterocycles. The molecule has 0 fully saturated rings. The molecular weight excluding hydrogens is 466 g/mol. The lowest BCUT2D eigenvalue weighted by Gasteiger charge is -2.36. The number of aliphatic hydroxyl groups is 4. The second-order valence-electron chi connectivity index (χ2n) is 9.60. The second-order valence-corrected chi connectivity index (χ2v) is 12.2. The van der Waals surface area contributed by atoms with E-state index < -0.39 is 47.0 Å². The predicted molar refractivity (Wildman–Crippen MR) is 118 cm³/mol. The van der Waals surface area contributed by atoms with Crippen LogP contribution in [-0.4, -0.2) is 59.8 Å². The SMILES string of the molecule is CC(C)(C)c1ccc(C(O)C(CO)(CO)CO)c(C(C)(C)C)c1.O=P(O)(O)OP(=O)(O)O. The Balaban J connectivity index is 0.000000900. The molecule has 0 saturated carbocycles. The molecule has 188 valence electrons. The normalized spacial score (nSPS) is 14.6. The fourth-order valence-electron chi connectivity index (χ4n) is 2.79. The van der Waals surface area contributed by atoms with Gasteiger partial charge in [-0.2, -0.15) is 4.31 Å². The molecule has 0 radical (unpaired) electrons. The average Bonchev–Trinajstić information content (AvgIpc) is 2.59. The monoisotopic (exact) mass is 502 g/mol. The summed E-state index contributed by atoms with van der Waals surface area (Å²) in [4.78, 5) is 31.0. The minimum Gasteiger partial charge on any atom is -0.395 e. The Bertz CT molecular complexity index is 798. The van der Waals surface area contributed by atoms with Gasteiger partial charge in [-0.05, 0) is 27.5 Å². The molecule has 0 amide bonds. The minimum atomic E-state index is -5.05. The zero-order chi connectivity index (χ0) is 25.8. The zero-order valence-corrected chi connectivity index (χ0v) is 20.9. The van der Waals surface area contributed by atoms with Crippen LogP contribution >= 0.6 is 15.6 Å². The summed E-state index contributed by atoms with van der Waals surface area (Å²) in [6, 6.07) is 5.89. The van der Waals surface area contributed by atoms with Gasteiger partial charge in [0.2, 0.25) is 0 Å². The zero-order valence-electron chi connectivity index (χ0n) is 19.1. The topological polar surface area (TPSA) is 205 Å². The fourth-order valence-corrected chi connectivity index (χ4v) is 3.90. The molecule has 0 aliphatic heterocycles. The molecule has 1 atom stereocenters. The van der Waals surface area contributed by atoms with Crippen molar-refractivity contribution in [2.45, 2.75) is 58.5 Å². The molecule has 1 rings (SSSR count). The van der Waals surface area contributed by atoms with E-state index in [0.717, 1.165) is 11.1 Å². The Labute approximate surface area is 188 Å². The largest absolute Gasteiger partial charge is 0.478 e. The van der Waals surface area contributed by atoms with Crippen molar-refractivity contribution in [3.05, 3.63) is 34.9 Å². The van der Waals surface area contributed by atoms with Crippen LogP contribution in [0.2, 0.25) is 0 Å². The van der Waals surface area contributed by atoms with Crippen molar-refractivity contribution >= 4 is 15.6 Å². The van der Waals surface area contributed by atoms with Gasteiger partial charge in [-0.1, -0.05) is 59.7 Å².